The van der Waals surface area contributed by atoms with Gasteiger partial charge in [0, 0.05) is 11.9 Å². The van der Waals surface area contributed by atoms with E-state index in [0.29, 0.717) is 5.56 Å². The highest BCUT2D eigenvalue weighted by atomic mass is 16.4. The van der Waals surface area contributed by atoms with E-state index in [1.54, 1.807) is 10.8 Å². The molecule has 0 atom stereocenters. The number of hydrogen-bond acceptors (Lipinski definition) is 2. The fourth-order valence-electron chi connectivity index (χ4n) is 1.93. The van der Waals surface area contributed by atoms with E-state index in [1.165, 1.54) is 6.07 Å². The summed E-state index contributed by atoms with van der Waals surface area (Å²) in [5.41, 5.74) is 2.30. The van der Waals surface area contributed by atoms with Crippen molar-refractivity contribution in [1.29, 1.82) is 5.26 Å². The molecule has 1 N–H and O–H groups in total. The van der Waals surface area contributed by atoms with E-state index >= 15 is 0 Å². The quantitative estimate of drug-likeness (QED) is 0.896. The molecule has 0 aliphatic heterocycles. The second-order valence-electron chi connectivity index (χ2n) is 3.88. The zero-order chi connectivity index (χ0) is 13.1. The predicted molar refractivity (Wildman–Crippen MR) is 66.8 cm³/mol. The van der Waals surface area contributed by atoms with Crippen molar-refractivity contribution >= 4 is 5.97 Å². The van der Waals surface area contributed by atoms with Crippen molar-refractivity contribution in [3.8, 4) is 11.8 Å². The molecule has 2 rings (SSSR count). The Labute approximate surface area is 105 Å². The molecule has 4 heteroatoms. The number of carboxylic acids is 1. The maximum Gasteiger partial charge on any atom is 0.352 e. The van der Waals surface area contributed by atoms with Crippen LogP contribution >= 0.6 is 0 Å². The Hall–Kier alpha value is -2.54. The number of carboxylic acid groups (broad SMARTS) is 1. The van der Waals surface area contributed by atoms with Crippen molar-refractivity contribution in [3.63, 3.8) is 0 Å². The molecule has 0 saturated carbocycles. The monoisotopic (exact) mass is 240 g/mol. The van der Waals surface area contributed by atoms with Crippen LogP contribution in [0.1, 0.15) is 28.5 Å². The third kappa shape index (κ3) is 1.98. The van der Waals surface area contributed by atoms with Crippen LogP contribution in [-0.2, 0) is 6.42 Å². The Kier molecular flexibility index (Phi) is 3.16. The molecule has 0 unspecified atom stereocenters. The third-order valence-electron chi connectivity index (χ3n) is 2.80. The van der Waals surface area contributed by atoms with Crippen LogP contribution in [0.15, 0.2) is 36.5 Å². The molecule has 0 aliphatic rings. The van der Waals surface area contributed by atoms with Gasteiger partial charge in [0.25, 0.3) is 0 Å². The number of nitrogens with zero attached hydrogens (tertiary/aromatic N) is 2. The molecular formula is C14H12N2O2. The van der Waals surface area contributed by atoms with E-state index in [2.05, 4.69) is 0 Å². The molecule has 1 heterocycles. The molecule has 0 amide bonds. The van der Waals surface area contributed by atoms with E-state index in [0.717, 1.165) is 17.7 Å². The zero-order valence-corrected chi connectivity index (χ0v) is 9.92. The molecule has 1 aromatic heterocycles. The topological polar surface area (TPSA) is 66.0 Å². The molecule has 90 valence electrons. The number of benzene rings is 1. The first kappa shape index (κ1) is 11.9. The van der Waals surface area contributed by atoms with E-state index in [-0.39, 0.29) is 5.69 Å². The van der Waals surface area contributed by atoms with Gasteiger partial charge < -0.3 is 9.67 Å². The number of aromatic nitrogens is 1. The second kappa shape index (κ2) is 4.76. The number of aryl methyl sites for hydroxylation is 1. The summed E-state index contributed by atoms with van der Waals surface area (Å²) < 4.78 is 1.56. The zero-order valence-electron chi connectivity index (χ0n) is 9.92. The van der Waals surface area contributed by atoms with Crippen LogP contribution in [0.4, 0.5) is 0 Å². The maximum atomic E-state index is 11.2. The molecule has 0 bridgehead atoms. The summed E-state index contributed by atoms with van der Waals surface area (Å²) >= 11 is 0. The van der Waals surface area contributed by atoms with Crippen molar-refractivity contribution in [2.75, 3.05) is 0 Å². The summed E-state index contributed by atoms with van der Waals surface area (Å²) in [5, 5.41) is 18.0. The Balaban J connectivity index is 2.67. The van der Waals surface area contributed by atoms with Gasteiger partial charge in [-0.3, -0.25) is 0 Å². The first-order valence-corrected chi connectivity index (χ1v) is 5.61. The van der Waals surface area contributed by atoms with E-state index in [9.17, 15) is 4.79 Å². The van der Waals surface area contributed by atoms with Crippen LogP contribution < -0.4 is 0 Å². The Bertz CT molecular complexity index is 635. The largest absolute Gasteiger partial charge is 0.477 e. The molecule has 1 aromatic carbocycles. The van der Waals surface area contributed by atoms with Gasteiger partial charge >= 0.3 is 5.97 Å². The minimum atomic E-state index is -1.04. The molecule has 0 aliphatic carbocycles. The standard InChI is InChI=1S/C14H12N2O2/c1-2-11-5-3-4-6-12(11)16-9-10(8-15)7-13(16)14(17)18/h3-7,9H,2H2,1H3,(H,17,18). The molecule has 0 radical (unpaired) electrons. The molecule has 4 nitrogen and oxygen atoms in total. The Morgan fingerprint density at radius 1 is 1.44 bits per heavy atom. The van der Waals surface area contributed by atoms with Crippen LogP contribution in [0.2, 0.25) is 0 Å². The predicted octanol–water partition coefficient (Wildman–Crippen LogP) is 2.61. The molecule has 2 aromatic rings. The fraction of sp³-hybridized carbons (Fsp3) is 0.143. The van der Waals surface area contributed by atoms with E-state index in [4.69, 9.17) is 10.4 Å². The number of para-hydroxylation sites is 1. The van der Waals surface area contributed by atoms with Crippen LogP contribution in [0.25, 0.3) is 5.69 Å². The number of carbonyl (C=O) groups is 1. The summed E-state index contributed by atoms with van der Waals surface area (Å²) in [5.74, 6) is -1.04. The summed E-state index contributed by atoms with van der Waals surface area (Å²) in [6.07, 6.45) is 2.35. The number of rotatable bonds is 3. The van der Waals surface area contributed by atoms with Gasteiger partial charge in [0.05, 0.1) is 5.56 Å². The van der Waals surface area contributed by atoms with Crippen LogP contribution in [0, 0.1) is 11.3 Å². The van der Waals surface area contributed by atoms with Crippen LogP contribution in [-0.4, -0.2) is 15.6 Å². The average Bonchev–Trinajstić information content (AvgIpc) is 2.83. The van der Waals surface area contributed by atoms with Gasteiger partial charge in [0.1, 0.15) is 11.8 Å². The van der Waals surface area contributed by atoms with Gasteiger partial charge in [-0.05, 0) is 24.1 Å². The first-order chi connectivity index (χ1) is 8.67. The van der Waals surface area contributed by atoms with Crippen molar-refractivity contribution in [2.45, 2.75) is 13.3 Å². The highest BCUT2D eigenvalue weighted by Crippen LogP contribution is 2.20. The lowest BCUT2D eigenvalue weighted by Gasteiger charge is -2.10. The van der Waals surface area contributed by atoms with Gasteiger partial charge in [-0.1, -0.05) is 25.1 Å². The van der Waals surface area contributed by atoms with Crippen LogP contribution in [0.5, 0.6) is 0 Å². The normalized spacial score (nSPS) is 10.0. The van der Waals surface area contributed by atoms with Gasteiger partial charge in [-0.25, -0.2) is 4.79 Å². The van der Waals surface area contributed by atoms with Crippen molar-refractivity contribution in [2.24, 2.45) is 0 Å². The lowest BCUT2D eigenvalue weighted by molar-refractivity contribution is 0.0688. The van der Waals surface area contributed by atoms with E-state index in [1.807, 2.05) is 37.3 Å². The van der Waals surface area contributed by atoms with Crippen molar-refractivity contribution in [1.82, 2.24) is 4.57 Å². The molecule has 0 saturated heterocycles. The SMILES string of the molecule is CCc1ccccc1-n1cc(C#N)cc1C(=O)O. The summed E-state index contributed by atoms with van der Waals surface area (Å²) in [6, 6.07) is 10.9. The molecule has 18 heavy (non-hydrogen) atoms. The van der Waals surface area contributed by atoms with E-state index < -0.39 is 5.97 Å². The maximum absolute atomic E-state index is 11.2. The Morgan fingerprint density at radius 2 is 2.17 bits per heavy atom. The highest BCUT2D eigenvalue weighted by Gasteiger charge is 2.15. The van der Waals surface area contributed by atoms with Gasteiger partial charge in [0.2, 0.25) is 0 Å². The van der Waals surface area contributed by atoms with Crippen molar-refractivity contribution < 1.29 is 9.90 Å². The lowest BCUT2D eigenvalue weighted by Crippen LogP contribution is -2.07. The molecule has 0 spiro atoms. The van der Waals surface area contributed by atoms with Crippen molar-refractivity contribution in [3.05, 3.63) is 53.3 Å². The summed E-state index contributed by atoms with van der Waals surface area (Å²) in [7, 11) is 0. The minimum absolute atomic E-state index is 0.104. The lowest BCUT2D eigenvalue weighted by atomic mass is 10.1. The number of aromatic carboxylic acids is 1. The number of hydrogen-bond donors (Lipinski definition) is 1. The summed E-state index contributed by atoms with van der Waals surface area (Å²) in [4.78, 5) is 11.2. The second-order valence-corrected chi connectivity index (χ2v) is 3.88. The molecular weight excluding hydrogens is 228 g/mol. The first-order valence-electron chi connectivity index (χ1n) is 5.61. The Morgan fingerprint density at radius 3 is 2.78 bits per heavy atom. The van der Waals surface area contributed by atoms with Gasteiger partial charge in [-0.2, -0.15) is 5.26 Å². The minimum Gasteiger partial charge on any atom is -0.477 e. The molecule has 0 fully saturated rings. The number of nitriles is 1. The third-order valence-corrected chi connectivity index (χ3v) is 2.80. The van der Waals surface area contributed by atoms with Gasteiger partial charge in [-0.15, -0.1) is 0 Å². The smallest absolute Gasteiger partial charge is 0.352 e. The summed E-state index contributed by atoms with van der Waals surface area (Å²) in [6.45, 7) is 2.01. The average molecular weight is 240 g/mol. The fourth-order valence-corrected chi connectivity index (χ4v) is 1.93. The van der Waals surface area contributed by atoms with Crippen LogP contribution in [0.3, 0.4) is 0 Å². The highest BCUT2D eigenvalue weighted by molar-refractivity contribution is 5.87. The van der Waals surface area contributed by atoms with Gasteiger partial charge in [0.15, 0.2) is 0 Å².